The highest BCUT2D eigenvalue weighted by Crippen LogP contribution is 2.18. The van der Waals surface area contributed by atoms with Gasteiger partial charge in [-0.2, -0.15) is 5.26 Å². The highest BCUT2D eigenvalue weighted by Gasteiger charge is 2.33. The van der Waals surface area contributed by atoms with Gasteiger partial charge < -0.3 is 10.2 Å². The summed E-state index contributed by atoms with van der Waals surface area (Å²) >= 11 is 0. The maximum Gasteiger partial charge on any atom is 0.317 e. The van der Waals surface area contributed by atoms with E-state index in [4.69, 9.17) is 5.26 Å². The lowest BCUT2D eigenvalue weighted by atomic mass is 10.2. The second-order valence-electron chi connectivity index (χ2n) is 4.68. The van der Waals surface area contributed by atoms with E-state index in [-0.39, 0.29) is 11.9 Å². The molecule has 3 amide bonds. The van der Waals surface area contributed by atoms with Gasteiger partial charge in [0.2, 0.25) is 0 Å². The third-order valence-electron chi connectivity index (χ3n) is 3.40. The minimum absolute atomic E-state index is 0.259. The van der Waals surface area contributed by atoms with E-state index >= 15 is 0 Å². The van der Waals surface area contributed by atoms with Crippen molar-refractivity contribution in [3.63, 3.8) is 0 Å². The van der Waals surface area contributed by atoms with Gasteiger partial charge in [0.25, 0.3) is 5.91 Å². The molecule has 0 aromatic heterocycles. The van der Waals surface area contributed by atoms with Crippen molar-refractivity contribution >= 4 is 17.6 Å². The van der Waals surface area contributed by atoms with Crippen molar-refractivity contribution in [1.82, 2.24) is 15.6 Å². The normalized spacial score (nSPS) is 17.0. The van der Waals surface area contributed by atoms with Gasteiger partial charge in [-0.15, -0.1) is 0 Å². The van der Waals surface area contributed by atoms with Crippen molar-refractivity contribution in [2.24, 2.45) is 0 Å². The van der Waals surface area contributed by atoms with Gasteiger partial charge in [-0.05, 0) is 25.0 Å². The van der Waals surface area contributed by atoms with E-state index < -0.39 is 6.04 Å². The minimum Gasteiger partial charge on any atom is -0.341 e. The van der Waals surface area contributed by atoms with Gasteiger partial charge in [0.15, 0.2) is 0 Å². The third kappa shape index (κ3) is 3.23. The van der Waals surface area contributed by atoms with Gasteiger partial charge in [0.05, 0.1) is 11.3 Å². The minimum atomic E-state index is -0.494. The summed E-state index contributed by atoms with van der Waals surface area (Å²) in [5.74, 6) is -0.288. The van der Waals surface area contributed by atoms with E-state index in [0.717, 1.165) is 6.42 Å². The first-order chi connectivity index (χ1) is 10.2. The maximum absolute atomic E-state index is 12.2. The van der Waals surface area contributed by atoms with Crippen LogP contribution in [0.4, 0.5) is 10.5 Å². The van der Waals surface area contributed by atoms with Crippen molar-refractivity contribution in [3.05, 3.63) is 29.8 Å². The molecule has 1 unspecified atom stereocenters. The zero-order valence-corrected chi connectivity index (χ0v) is 11.7. The van der Waals surface area contributed by atoms with Crippen LogP contribution in [0.2, 0.25) is 0 Å². The average Bonchev–Trinajstić information content (AvgIpc) is 3.01. The molecule has 7 heteroatoms. The maximum atomic E-state index is 12.2. The fourth-order valence-corrected chi connectivity index (χ4v) is 2.33. The highest BCUT2D eigenvalue weighted by molar-refractivity contribution is 5.88. The van der Waals surface area contributed by atoms with E-state index in [9.17, 15) is 9.59 Å². The van der Waals surface area contributed by atoms with Crippen LogP contribution >= 0.6 is 0 Å². The molecule has 1 aliphatic rings. The van der Waals surface area contributed by atoms with Gasteiger partial charge in [0, 0.05) is 13.6 Å². The predicted octanol–water partition coefficient (Wildman–Crippen LogP) is 0.805. The summed E-state index contributed by atoms with van der Waals surface area (Å²) in [6.07, 6.45) is 1.42. The molecule has 110 valence electrons. The summed E-state index contributed by atoms with van der Waals surface area (Å²) < 4.78 is 0. The van der Waals surface area contributed by atoms with Crippen LogP contribution in [0.5, 0.6) is 0 Å². The Morgan fingerprint density at radius 2 is 2.14 bits per heavy atom. The van der Waals surface area contributed by atoms with Crippen molar-refractivity contribution < 1.29 is 9.59 Å². The molecule has 2 rings (SSSR count). The molecule has 0 radical (unpaired) electrons. The molecular formula is C14H17N5O2. The van der Waals surface area contributed by atoms with E-state index in [2.05, 4.69) is 16.2 Å². The molecule has 3 N–H and O–H groups in total. The lowest BCUT2D eigenvalue weighted by Gasteiger charge is -2.23. The number of nitrogens with zero attached hydrogens (tertiary/aromatic N) is 2. The molecule has 0 bridgehead atoms. The molecule has 1 heterocycles. The van der Waals surface area contributed by atoms with Gasteiger partial charge in [-0.25, -0.2) is 4.79 Å². The molecule has 1 aromatic rings. The van der Waals surface area contributed by atoms with Gasteiger partial charge in [0.1, 0.15) is 12.1 Å². The van der Waals surface area contributed by atoms with Crippen LogP contribution in [0.3, 0.4) is 0 Å². The first kappa shape index (κ1) is 14.7. The van der Waals surface area contributed by atoms with Gasteiger partial charge >= 0.3 is 6.03 Å². The topological polar surface area (TPSA) is 97.3 Å². The monoisotopic (exact) mass is 287 g/mol. The van der Waals surface area contributed by atoms with Crippen LogP contribution < -0.4 is 16.2 Å². The number of carbonyl (C=O) groups excluding carboxylic acids is 2. The van der Waals surface area contributed by atoms with Crippen molar-refractivity contribution in [2.75, 3.05) is 19.0 Å². The largest absolute Gasteiger partial charge is 0.341 e. The van der Waals surface area contributed by atoms with Crippen molar-refractivity contribution in [1.29, 1.82) is 5.26 Å². The summed E-state index contributed by atoms with van der Waals surface area (Å²) in [4.78, 5) is 25.4. The van der Waals surface area contributed by atoms with Gasteiger partial charge in [-0.3, -0.25) is 15.6 Å². The number of carbonyl (C=O) groups is 2. The molecule has 1 saturated heterocycles. The number of benzene rings is 1. The number of hydrazine groups is 1. The van der Waals surface area contributed by atoms with E-state index in [1.54, 1.807) is 24.3 Å². The highest BCUT2D eigenvalue weighted by atomic mass is 16.2. The Labute approximate surface area is 122 Å². The Kier molecular flexibility index (Phi) is 4.61. The van der Waals surface area contributed by atoms with Crippen LogP contribution in [0.1, 0.15) is 18.4 Å². The number of hydrogen-bond acceptors (Lipinski definition) is 4. The zero-order valence-electron chi connectivity index (χ0n) is 11.7. The zero-order chi connectivity index (χ0) is 15.2. The smallest absolute Gasteiger partial charge is 0.317 e. The Balaban J connectivity index is 1.99. The number of likely N-dealkylation sites (tertiary alicyclic amines) is 1. The fraction of sp³-hybridized carbons (Fsp3) is 0.357. The number of hydrogen-bond donors (Lipinski definition) is 3. The van der Waals surface area contributed by atoms with Crippen LogP contribution in [0.15, 0.2) is 24.3 Å². The quantitative estimate of drug-likeness (QED) is 0.716. The summed E-state index contributed by atoms with van der Waals surface area (Å²) in [7, 11) is 1.54. The molecule has 21 heavy (non-hydrogen) atoms. The average molecular weight is 287 g/mol. The number of rotatable bonds is 3. The van der Waals surface area contributed by atoms with Crippen LogP contribution in [0.25, 0.3) is 0 Å². The molecule has 1 aliphatic heterocycles. The van der Waals surface area contributed by atoms with Crippen molar-refractivity contribution in [2.45, 2.75) is 18.9 Å². The Bertz CT molecular complexity index is 581. The Morgan fingerprint density at radius 3 is 2.86 bits per heavy atom. The second kappa shape index (κ2) is 6.61. The van der Waals surface area contributed by atoms with Gasteiger partial charge in [-0.1, -0.05) is 12.1 Å². The van der Waals surface area contributed by atoms with Crippen LogP contribution in [0, 0.1) is 11.3 Å². The third-order valence-corrected chi connectivity index (χ3v) is 3.40. The number of nitrogens with one attached hydrogen (secondary N) is 3. The summed E-state index contributed by atoms with van der Waals surface area (Å²) in [5, 5.41) is 11.5. The lowest BCUT2D eigenvalue weighted by molar-refractivity contribution is -0.124. The molecule has 1 fully saturated rings. The molecule has 1 aromatic carbocycles. The first-order valence-corrected chi connectivity index (χ1v) is 6.70. The fourth-order valence-electron chi connectivity index (χ4n) is 2.33. The number of urea groups is 1. The van der Waals surface area contributed by atoms with Crippen molar-refractivity contribution in [3.8, 4) is 6.07 Å². The summed E-state index contributed by atoms with van der Waals surface area (Å²) in [5.41, 5.74) is 6.26. The summed E-state index contributed by atoms with van der Waals surface area (Å²) in [6.45, 7) is 0.562. The molecule has 0 aliphatic carbocycles. The van der Waals surface area contributed by atoms with E-state index in [1.807, 2.05) is 6.07 Å². The Hall–Kier alpha value is -2.75. The lowest BCUT2D eigenvalue weighted by Crippen LogP contribution is -2.50. The molecule has 7 nitrogen and oxygen atoms in total. The number of anilines is 1. The molecule has 0 spiro atoms. The summed E-state index contributed by atoms with van der Waals surface area (Å²) in [6, 6.07) is 8.15. The molecule has 1 atom stereocenters. The first-order valence-electron chi connectivity index (χ1n) is 6.70. The van der Waals surface area contributed by atoms with E-state index in [0.29, 0.717) is 24.2 Å². The molecular weight excluding hydrogens is 270 g/mol. The number of para-hydroxylation sites is 1. The number of amides is 3. The van der Waals surface area contributed by atoms with Crippen LogP contribution in [-0.4, -0.2) is 36.5 Å². The SMILES string of the molecule is CNC(=O)N1CCCC1C(=O)NNc1ccccc1C#N. The molecule has 0 saturated carbocycles. The van der Waals surface area contributed by atoms with Crippen LogP contribution in [-0.2, 0) is 4.79 Å². The number of nitriles is 1. The standard InChI is InChI=1S/C14H17N5O2/c1-16-14(21)19-8-4-7-12(19)13(20)18-17-11-6-3-2-5-10(11)9-15/h2-3,5-6,12,17H,4,7-8H2,1H3,(H,16,21)(H,18,20). The predicted molar refractivity (Wildman–Crippen MR) is 77.1 cm³/mol. The Morgan fingerprint density at radius 1 is 1.38 bits per heavy atom. The van der Waals surface area contributed by atoms with E-state index in [1.165, 1.54) is 11.9 Å². The second-order valence-corrected chi connectivity index (χ2v) is 4.68.